The van der Waals surface area contributed by atoms with Crippen molar-refractivity contribution in [3.63, 3.8) is 0 Å². The van der Waals surface area contributed by atoms with Gasteiger partial charge in [0.05, 0.1) is 16.5 Å². The number of aryl methyl sites for hydroxylation is 2. The minimum Gasteiger partial charge on any atom is -0.423 e. The fourth-order valence-electron chi connectivity index (χ4n) is 2.63. The number of nitrogens with one attached hydrogen (secondary N) is 1. The molecule has 0 unspecified atom stereocenters. The van der Waals surface area contributed by atoms with Crippen molar-refractivity contribution < 1.29 is 13.6 Å². The number of benzene rings is 2. The highest BCUT2D eigenvalue weighted by Gasteiger charge is 2.10. The van der Waals surface area contributed by atoms with Gasteiger partial charge in [-0.2, -0.15) is 0 Å². The molecule has 0 saturated heterocycles. The number of carbonyl (C=O) groups is 1. The Bertz CT molecular complexity index is 1080. The van der Waals surface area contributed by atoms with Gasteiger partial charge in [0.15, 0.2) is 0 Å². The SMILES string of the molecule is Cc1cc2oc(=O)cc(CSCC(=O)Nc3ccc(F)cc3Cl)c2cc1C. The van der Waals surface area contributed by atoms with Crippen LogP contribution in [-0.4, -0.2) is 11.7 Å². The summed E-state index contributed by atoms with van der Waals surface area (Å²) in [5.74, 6) is -0.0735. The minimum absolute atomic E-state index is 0.144. The van der Waals surface area contributed by atoms with Gasteiger partial charge in [-0.1, -0.05) is 11.6 Å². The van der Waals surface area contributed by atoms with Gasteiger partial charge in [0, 0.05) is 17.2 Å². The first-order valence-electron chi connectivity index (χ1n) is 8.20. The van der Waals surface area contributed by atoms with Crippen molar-refractivity contribution in [3.05, 3.63) is 74.3 Å². The molecule has 0 saturated carbocycles. The summed E-state index contributed by atoms with van der Waals surface area (Å²) in [6.45, 7) is 3.96. The van der Waals surface area contributed by atoms with Gasteiger partial charge in [-0.05, 0) is 60.9 Å². The summed E-state index contributed by atoms with van der Waals surface area (Å²) >= 11 is 7.27. The average molecular weight is 406 g/mol. The van der Waals surface area contributed by atoms with E-state index >= 15 is 0 Å². The van der Waals surface area contributed by atoms with E-state index in [2.05, 4.69) is 5.32 Å². The van der Waals surface area contributed by atoms with E-state index in [1.54, 1.807) is 0 Å². The van der Waals surface area contributed by atoms with Gasteiger partial charge in [0.2, 0.25) is 5.91 Å². The van der Waals surface area contributed by atoms with Crippen molar-refractivity contribution in [2.24, 2.45) is 0 Å². The molecule has 4 nitrogen and oxygen atoms in total. The maximum atomic E-state index is 13.1. The summed E-state index contributed by atoms with van der Waals surface area (Å²) in [6, 6.07) is 9.09. The Morgan fingerprint density at radius 3 is 2.67 bits per heavy atom. The van der Waals surface area contributed by atoms with Crippen LogP contribution >= 0.6 is 23.4 Å². The summed E-state index contributed by atoms with van der Waals surface area (Å²) < 4.78 is 18.3. The summed E-state index contributed by atoms with van der Waals surface area (Å²) in [7, 11) is 0. The first kappa shape index (κ1) is 19.5. The summed E-state index contributed by atoms with van der Waals surface area (Å²) in [6.07, 6.45) is 0. The molecule has 1 heterocycles. The summed E-state index contributed by atoms with van der Waals surface area (Å²) in [5.41, 5.74) is 3.47. The Balaban J connectivity index is 1.69. The smallest absolute Gasteiger partial charge is 0.336 e. The second-order valence-corrected chi connectivity index (χ2v) is 7.58. The molecule has 0 aliphatic rings. The van der Waals surface area contributed by atoms with Gasteiger partial charge in [-0.3, -0.25) is 4.79 Å². The van der Waals surface area contributed by atoms with Gasteiger partial charge in [-0.15, -0.1) is 11.8 Å². The third-order valence-electron chi connectivity index (χ3n) is 4.14. The quantitative estimate of drug-likeness (QED) is 0.602. The van der Waals surface area contributed by atoms with Gasteiger partial charge in [0.25, 0.3) is 0 Å². The molecule has 27 heavy (non-hydrogen) atoms. The van der Waals surface area contributed by atoms with Crippen molar-refractivity contribution in [2.45, 2.75) is 19.6 Å². The molecular formula is C20H17ClFNO3S. The number of hydrogen-bond donors (Lipinski definition) is 1. The predicted molar refractivity (Wildman–Crippen MR) is 108 cm³/mol. The molecule has 0 aliphatic heterocycles. The number of amides is 1. The normalized spacial score (nSPS) is 11.0. The highest BCUT2D eigenvalue weighted by molar-refractivity contribution is 7.99. The molecular weight excluding hydrogens is 389 g/mol. The monoisotopic (exact) mass is 405 g/mol. The summed E-state index contributed by atoms with van der Waals surface area (Å²) in [4.78, 5) is 23.9. The van der Waals surface area contributed by atoms with Crippen LogP contribution in [0.25, 0.3) is 11.0 Å². The topological polar surface area (TPSA) is 59.3 Å². The molecule has 0 bridgehead atoms. The molecule has 140 valence electrons. The van der Waals surface area contributed by atoms with Crippen LogP contribution in [0.1, 0.15) is 16.7 Å². The predicted octanol–water partition coefficient (Wildman–Crippen LogP) is 5.07. The van der Waals surface area contributed by atoms with E-state index in [4.69, 9.17) is 16.0 Å². The largest absolute Gasteiger partial charge is 0.423 e. The third-order valence-corrected chi connectivity index (χ3v) is 5.43. The maximum absolute atomic E-state index is 13.1. The molecule has 0 radical (unpaired) electrons. The van der Waals surface area contributed by atoms with E-state index < -0.39 is 11.4 Å². The zero-order valence-electron chi connectivity index (χ0n) is 14.8. The lowest BCUT2D eigenvalue weighted by Gasteiger charge is -2.09. The number of hydrogen-bond acceptors (Lipinski definition) is 4. The van der Waals surface area contributed by atoms with Crippen LogP contribution in [0.15, 0.2) is 45.6 Å². The average Bonchev–Trinajstić information content (AvgIpc) is 2.59. The van der Waals surface area contributed by atoms with E-state index in [1.165, 1.54) is 30.0 Å². The van der Waals surface area contributed by atoms with E-state index in [-0.39, 0.29) is 16.7 Å². The van der Waals surface area contributed by atoms with E-state index in [9.17, 15) is 14.0 Å². The molecule has 7 heteroatoms. The van der Waals surface area contributed by atoms with Crippen LogP contribution < -0.4 is 10.9 Å². The highest BCUT2D eigenvalue weighted by atomic mass is 35.5. The molecule has 2 aromatic carbocycles. The standard InChI is InChI=1S/C20H17ClFNO3S/c1-11-5-15-13(7-20(25)26-18(15)6-12(11)2)9-27-10-19(24)23-17-4-3-14(22)8-16(17)21/h3-8H,9-10H2,1-2H3,(H,23,24). The zero-order chi connectivity index (χ0) is 19.6. The lowest BCUT2D eigenvalue weighted by atomic mass is 10.0. The van der Waals surface area contributed by atoms with E-state index in [0.717, 1.165) is 28.1 Å². The number of rotatable bonds is 5. The number of anilines is 1. The molecule has 0 fully saturated rings. The van der Waals surface area contributed by atoms with Crippen LogP contribution in [0.5, 0.6) is 0 Å². The Labute approximate surface area is 164 Å². The molecule has 3 rings (SSSR count). The molecule has 3 aromatic rings. The third kappa shape index (κ3) is 4.70. The summed E-state index contributed by atoms with van der Waals surface area (Å²) in [5, 5.41) is 3.66. The van der Waals surface area contributed by atoms with Crippen LogP contribution in [0.3, 0.4) is 0 Å². The van der Waals surface area contributed by atoms with Crippen molar-refractivity contribution in [1.82, 2.24) is 0 Å². The fraction of sp³-hybridized carbons (Fsp3) is 0.200. The number of halogens is 2. The molecule has 0 spiro atoms. The second-order valence-electron chi connectivity index (χ2n) is 6.19. The van der Waals surface area contributed by atoms with Crippen molar-refractivity contribution in [1.29, 1.82) is 0 Å². The Morgan fingerprint density at radius 2 is 1.93 bits per heavy atom. The van der Waals surface area contributed by atoms with E-state index in [1.807, 2.05) is 26.0 Å². The van der Waals surface area contributed by atoms with Gasteiger partial charge in [-0.25, -0.2) is 9.18 Å². The van der Waals surface area contributed by atoms with Gasteiger partial charge in [0.1, 0.15) is 11.4 Å². The number of thioether (sulfide) groups is 1. The number of carbonyl (C=O) groups excluding carboxylic acids is 1. The second kappa shape index (κ2) is 8.15. The Kier molecular flexibility index (Phi) is 5.87. The van der Waals surface area contributed by atoms with Crippen LogP contribution in [0, 0.1) is 19.7 Å². The minimum atomic E-state index is -0.465. The Hall–Kier alpha value is -2.31. The maximum Gasteiger partial charge on any atom is 0.336 e. The lowest BCUT2D eigenvalue weighted by molar-refractivity contribution is -0.113. The number of fused-ring (bicyclic) bond motifs is 1. The van der Waals surface area contributed by atoms with Crippen molar-refractivity contribution in [2.75, 3.05) is 11.1 Å². The van der Waals surface area contributed by atoms with Gasteiger partial charge >= 0.3 is 5.63 Å². The lowest BCUT2D eigenvalue weighted by Crippen LogP contribution is -2.14. The van der Waals surface area contributed by atoms with Crippen molar-refractivity contribution >= 4 is 45.9 Å². The molecule has 0 aliphatic carbocycles. The molecule has 1 N–H and O–H groups in total. The van der Waals surface area contributed by atoms with Gasteiger partial charge < -0.3 is 9.73 Å². The van der Waals surface area contributed by atoms with Crippen LogP contribution in [-0.2, 0) is 10.5 Å². The fourth-order valence-corrected chi connectivity index (χ4v) is 3.67. The molecule has 0 atom stereocenters. The first-order chi connectivity index (χ1) is 12.8. The molecule has 1 aromatic heterocycles. The Morgan fingerprint density at radius 1 is 1.19 bits per heavy atom. The van der Waals surface area contributed by atoms with Crippen molar-refractivity contribution in [3.8, 4) is 0 Å². The first-order valence-corrected chi connectivity index (χ1v) is 9.73. The highest BCUT2D eigenvalue weighted by Crippen LogP contribution is 2.25. The van der Waals surface area contributed by atoms with Crippen LogP contribution in [0.2, 0.25) is 5.02 Å². The molecule has 1 amide bonds. The van der Waals surface area contributed by atoms with E-state index in [0.29, 0.717) is 17.0 Å². The van der Waals surface area contributed by atoms with Crippen LogP contribution in [0.4, 0.5) is 10.1 Å². The zero-order valence-corrected chi connectivity index (χ0v) is 16.3.